The molecule has 5 nitrogen and oxygen atoms in total. The summed E-state index contributed by atoms with van der Waals surface area (Å²) in [6.07, 6.45) is 8.92. The van der Waals surface area contributed by atoms with E-state index in [9.17, 15) is 9.59 Å². The van der Waals surface area contributed by atoms with Gasteiger partial charge in [0.15, 0.2) is 0 Å². The molecular weight excluding hydrogens is 388 g/mol. The summed E-state index contributed by atoms with van der Waals surface area (Å²) in [5.41, 5.74) is 10.1. The Morgan fingerprint density at radius 1 is 0.774 bits per heavy atom. The minimum atomic E-state index is -0.337. The van der Waals surface area contributed by atoms with Gasteiger partial charge in [0.25, 0.3) is 0 Å². The average molecular weight is 423 g/mol. The van der Waals surface area contributed by atoms with Crippen molar-refractivity contribution in [1.82, 2.24) is 5.32 Å². The van der Waals surface area contributed by atoms with Gasteiger partial charge in [0.2, 0.25) is 5.91 Å². The molecule has 0 fully saturated rings. The Morgan fingerprint density at radius 3 is 1.87 bits per heavy atom. The molecule has 0 unspecified atom stereocenters. The molecular formula is C26H34N2O3. The van der Waals surface area contributed by atoms with Gasteiger partial charge < -0.3 is 15.8 Å². The number of benzene rings is 2. The fraction of sp³-hybridized carbons (Fsp3) is 0.462. The summed E-state index contributed by atoms with van der Waals surface area (Å²) in [5, 5.41) is 2.88. The van der Waals surface area contributed by atoms with Gasteiger partial charge in [-0.05, 0) is 35.1 Å². The Labute approximate surface area is 185 Å². The van der Waals surface area contributed by atoms with Gasteiger partial charge in [0, 0.05) is 18.9 Å². The molecule has 0 spiro atoms. The first-order chi connectivity index (χ1) is 15.2. The first-order valence-electron chi connectivity index (χ1n) is 11.5. The SMILES string of the molecule is NC(=O)CCCCCCCCCCNC(=O)OCC1c2ccccc2-c2ccccc21. The largest absolute Gasteiger partial charge is 0.449 e. The van der Waals surface area contributed by atoms with Gasteiger partial charge in [0.05, 0.1) is 0 Å². The number of ether oxygens (including phenoxy) is 1. The molecule has 0 bridgehead atoms. The van der Waals surface area contributed by atoms with E-state index in [1.54, 1.807) is 0 Å². The highest BCUT2D eigenvalue weighted by Gasteiger charge is 2.28. The number of unbranched alkanes of at least 4 members (excludes halogenated alkanes) is 7. The summed E-state index contributed by atoms with van der Waals surface area (Å²) in [6.45, 7) is 1.00. The smallest absolute Gasteiger partial charge is 0.407 e. The van der Waals surface area contributed by atoms with Crippen LogP contribution >= 0.6 is 0 Å². The molecule has 2 aromatic rings. The molecule has 0 aliphatic heterocycles. The fourth-order valence-electron chi connectivity index (χ4n) is 4.32. The Kier molecular flexibility index (Phi) is 8.95. The van der Waals surface area contributed by atoms with Crippen LogP contribution in [0.5, 0.6) is 0 Å². The summed E-state index contributed by atoms with van der Waals surface area (Å²) in [4.78, 5) is 22.8. The molecule has 0 saturated carbocycles. The zero-order chi connectivity index (χ0) is 21.9. The van der Waals surface area contributed by atoms with Crippen molar-refractivity contribution >= 4 is 12.0 Å². The summed E-state index contributed by atoms with van der Waals surface area (Å²) in [6, 6.07) is 16.7. The van der Waals surface area contributed by atoms with E-state index in [-0.39, 0.29) is 17.9 Å². The number of alkyl carbamates (subject to hydrolysis) is 1. The predicted octanol–water partition coefficient (Wildman–Crippen LogP) is 5.52. The van der Waals surface area contributed by atoms with E-state index in [1.807, 2.05) is 12.1 Å². The molecule has 0 atom stereocenters. The number of nitrogens with two attached hydrogens (primary N) is 1. The summed E-state index contributed by atoms with van der Waals surface area (Å²) < 4.78 is 5.56. The van der Waals surface area contributed by atoms with Gasteiger partial charge in [-0.2, -0.15) is 0 Å². The molecule has 2 aromatic carbocycles. The molecule has 166 valence electrons. The number of hydrogen-bond donors (Lipinski definition) is 2. The average Bonchev–Trinajstić information content (AvgIpc) is 3.09. The first kappa shape index (κ1) is 22.9. The quantitative estimate of drug-likeness (QED) is 0.417. The van der Waals surface area contributed by atoms with Gasteiger partial charge in [-0.3, -0.25) is 4.79 Å². The third-order valence-electron chi connectivity index (χ3n) is 5.96. The number of hydrogen-bond acceptors (Lipinski definition) is 3. The number of carbonyl (C=O) groups is 2. The number of nitrogens with one attached hydrogen (secondary N) is 1. The van der Waals surface area contributed by atoms with Gasteiger partial charge in [0.1, 0.15) is 6.61 Å². The van der Waals surface area contributed by atoms with E-state index in [2.05, 4.69) is 41.7 Å². The number of amides is 2. The van der Waals surface area contributed by atoms with Crippen molar-refractivity contribution in [2.24, 2.45) is 5.73 Å². The van der Waals surface area contributed by atoms with Gasteiger partial charge in [-0.15, -0.1) is 0 Å². The zero-order valence-corrected chi connectivity index (χ0v) is 18.3. The van der Waals surface area contributed by atoms with E-state index in [0.717, 1.165) is 32.1 Å². The maximum absolute atomic E-state index is 12.1. The second-order valence-corrected chi connectivity index (χ2v) is 8.30. The molecule has 0 radical (unpaired) electrons. The first-order valence-corrected chi connectivity index (χ1v) is 11.5. The lowest BCUT2D eigenvalue weighted by Crippen LogP contribution is -2.27. The fourth-order valence-corrected chi connectivity index (χ4v) is 4.32. The van der Waals surface area contributed by atoms with Gasteiger partial charge in [-0.25, -0.2) is 4.79 Å². The van der Waals surface area contributed by atoms with Crippen LogP contribution in [0.25, 0.3) is 11.1 Å². The van der Waals surface area contributed by atoms with Crippen LogP contribution in [0, 0.1) is 0 Å². The third-order valence-corrected chi connectivity index (χ3v) is 5.96. The Bertz CT molecular complexity index is 820. The lowest BCUT2D eigenvalue weighted by molar-refractivity contribution is -0.118. The lowest BCUT2D eigenvalue weighted by atomic mass is 9.98. The van der Waals surface area contributed by atoms with E-state index >= 15 is 0 Å². The Balaban J connectivity index is 1.27. The normalized spacial score (nSPS) is 12.3. The predicted molar refractivity (Wildman–Crippen MR) is 124 cm³/mol. The topological polar surface area (TPSA) is 81.4 Å². The second kappa shape index (κ2) is 12.1. The zero-order valence-electron chi connectivity index (χ0n) is 18.3. The molecule has 2 amide bonds. The molecule has 31 heavy (non-hydrogen) atoms. The monoisotopic (exact) mass is 422 g/mol. The summed E-state index contributed by atoms with van der Waals surface area (Å²) in [7, 11) is 0. The second-order valence-electron chi connectivity index (χ2n) is 8.30. The van der Waals surface area contributed by atoms with E-state index in [0.29, 0.717) is 19.6 Å². The van der Waals surface area contributed by atoms with Crippen molar-refractivity contribution < 1.29 is 14.3 Å². The van der Waals surface area contributed by atoms with Crippen molar-refractivity contribution in [3.63, 3.8) is 0 Å². The summed E-state index contributed by atoms with van der Waals surface area (Å²) in [5.74, 6) is -0.106. The minimum absolute atomic E-state index is 0.0983. The van der Waals surface area contributed by atoms with E-state index < -0.39 is 0 Å². The van der Waals surface area contributed by atoms with Crippen LogP contribution in [0.15, 0.2) is 48.5 Å². The highest BCUT2D eigenvalue weighted by Crippen LogP contribution is 2.44. The molecule has 1 aliphatic rings. The molecule has 3 rings (SSSR count). The van der Waals surface area contributed by atoms with Crippen molar-refractivity contribution in [3.8, 4) is 11.1 Å². The maximum atomic E-state index is 12.1. The Morgan fingerprint density at radius 2 is 1.29 bits per heavy atom. The van der Waals surface area contributed by atoms with Crippen LogP contribution in [-0.2, 0) is 9.53 Å². The maximum Gasteiger partial charge on any atom is 0.407 e. The van der Waals surface area contributed by atoms with Crippen molar-refractivity contribution in [2.45, 2.75) is 63.7 Å². The van der Waals surface area contributed by atoms with Crippen molar-refractivity contribution in [1.29, 1.82) is 0 Å². The number of primary amides is 1. The molecule has 0 aromatic heterocycles. The number of carbonyl (C=O) groups excluding carboxylic acids is 2. The third kappa shape index (κ3) is 6.84. The van der Waals surface area contributed by atoms with Crippen LogP contribution in [0.4, 0.5) is 4.79 Å². The Hall–Kier alpha value is -2.82. The van der Waals surface area contributed by atoms with Crippen molar-refractivity contribution in [3.05, 3.63) is 59.7 Å². The molecule has 0 heterocycles. The van der Waals surface area contributed by atoms with Gasteiger partial charge >= 0.3 is 6.09 Å². The van der Waals surface area contributed by atoms with Crippen LogP contribution in [0.1, 0.15) is 74.8 Å². The van der Waals surface area contributed by atoms with Crippen LogP contribution in [-0.4, -0.2) is 25.2 Å². The van der Waals surface area contributed by atoms with Crippen molar-refractivity contribution in [2.75, 3.05) is 13.2 Å². The molecule has 5 heteroatoms. The highest BCUT2D eigenvalue weighted by molar-refractivity contribution is 5.79. The number of rotatable bonds is 13. The molecule has 3 N–H and O–H groups in total. The van der Waals surface area contributed by atoms with Crippen LogP contribution in [0.3, 0.4) is 0 Å². The summed E-state index contributed by atoms with van der Waals surface area (Å²) >= 11 is 0. The van der Waals surface area contributed by atoms with Gasteiger partial charge in [-0.1, -0.05) is 87.1 Å². The standard InChI is InChI=1S/C26H34N2O3/c27-25(29)17-7-5-3-1-2-4-6-12-18-28-26(30)31-19-24-22-15-10-8-13-20(22)21-14-9-11-16-23(21)24/h8-11,13-16,24H,1-7,12,17-19H2,(H2,27,29)(H,28,30). The number of fused-ring (bicyclic) bond motifs is 3. The van der Waals surface area contributed by atoms with E-state index in [4.69, 9.17) is 10.5 Å². The highest BCUT2D eigenvalue weighted by atomic mass is 16.5. The molecule has 1 aliphatic carbocycles. The lowest BCUT2D eigenvalue weighted by Gasteiger charge is -2.14. The van der Waals surface area contributed by atoms with E-state index in [1.165, 1.54) is 41.5 Å². The van der Waals surface area contributed by atoms with Crippen LogP contribution < -0.4 is 11.1 Å². The molecule has 0 saturated heterocycles. The van der Waals surface area contributed by atoms with Crippen LogP contribution in [0.2, 0.25) is 0 Å². The minimum Gasteiger partial charge on any atom is -0.449 e.